The van der Waals surface area contributed by atoms with Gasteiger partial charge in [-0.15, -0.1) is 0 Å². The van der Waals surface area contributed by atoms with Gasteiger partial charge in [0.25, 0.3) is 0 Å². The third-order valence-electron chi connectivity index (χ3n) is 3.90. The van der Waals surface area contributed by atoms with Crippen LogP contribution in [0.1, 0.15) is 16.4 Å². The van der Waals surface area contributed by atoms with Gasteiger partial charge in [-0.25, -0.2) is 0 Å². The summed E-state index contributed by atoms with van der Waals surface area (Å²) in [6, 6.07) is 4.30. The number of aromatic nitrogens is 1. The Kier molecular flexibility index (Phi) is 3.03. The van der Waals surface area contributed by atoms with E-state index in [0.717, 1.165) is 23.1 Å². The number of ether oxygens (including phenoxy) is 1. The molecular weight excluding hydrogens is 342 g/mol. The fourth-order valence-corrected chi connectivity index (χ4v) is 5.38. The molecule has 2 aliphatic rings. The molecule has 2 N–H and O–H groups in total. The number of nitrogens with one attached hydrogen (secondary N) is 1. The Balaban J connectivity index is 1.98. The van der Waals surface area contributed by atoms with E-state index in [1.165, 1.54) is 12.1 Å². The molecule has 1 aromatic carbocycles. The number of carbonyl (C=O) groups is 2. The predicted octanol–water partition coefficient (Wildman–Crippen LogP) is 0.0333. The highest BCUT2D eigenvalue weighted by molar-refractivity contribution is 8.00. The second-order valence-electron chi connectivity index (χ2n) is 5.21. The number of fused-ring (bicyclic) bond motifs is 5. The lowest BCUT2D eigenvalue weighted by atomic mass is 9.80. The maximum atomic E-state index is 12.3. The van der Waals surface area contributed by atoms with E-state index in [1.807, 2.05) is 0 Å². The maximum Gasteiger partial charge on any atom is 0.316 e. The van der Waals surface area contributed by atoms with Crippen molar-refractivity contribution in [2.75, 3.05) is 0 Å². The Morgan fingerprint density at radius 1 is 1.35 bits per heavy atom. The highest BCUT2D eigenvalue weighted by Crippen LogP contribution is 2.53. The number of hydrogen-bond acceptors (Lipinski definition) is 8. The summed E-state index contributed by atoms with van der Waals surface area (Å²) < 4.78 is 5.20. The molecule has 0 amide bonds. The van der Waals surface area contributed by atoms with E-state index >= 15 is 0 Å². The molecule has 2 aliphatic heterocycles. The number of aliphatic carboxylic acids is 1. The first-order valence-electron chi connectivity index (χ1n) is 6.61. The number of H-pyrrole nitrogens is 1. The van der Waals surface area contributed by atoms with Crippen LogP contribution in [0.2, 0.25) is 0 Å². The van der Waals surface area contributed by atoms with Gasteiger partial charge in [-0.3, -0.25) is 9.59 Å². The minimum atomic E-state index is -1.39. The molecule has 0 saturated heterocycles. The zero-order valence-electron chi connectivity index (χ0n) is 11.3. The molecule has 0 saturated carbocycles. The summed E-state index contributed by atoms with van der Waals surface area (Å²) in [6.45, 7) is 0. The third-order valence-corrected chi connectivity index (χ3v) is 6.29. The molecule has 0 aliphatic carbocycles. The predicted molar refractivity (Wildman–Crippen MR) is 78.7 cm³/mol. The van der Waals surface area contributed by atoms with Crippen molar-refractivity contribution in [1.29, 1.82) is 0 Å². The van der Waals surface area contributed by atoms with Crippen LogP contribution in [0.5, 0.6) is 11.5 Å². The summed E-state index contributed by atoms with van der Waals surface area (Å²) in [6.07, 6.45) is 0. The Labute approximate surface area is 136 Å². The van der Waals surface area contributed by atoms with E-state index < -0.39 is 29.0 Å². The number of hydrogen-bond donors (Lipinski definition) is 2. The van der Waals surface area contributed by atoms with Crippen LogP contribution < -0.4 is 14.7 Å². The van der Waals surface area contributed by atoms with E-state index in [9.17, 15) is 24.6 Å². The van der Waals surface area contributed by atoms with E-state index in [0.29, 0.717) is 15.5 Å². The largest absolute Gasteiger partial charge is 0.549 e. The standard InChI is InChI=1S/C14H9NO6S2/c16-4-1-2-5-6(3-4)21-13(19)8-7(5)9-11(15-14(20)23-9)22-10(8)12(17)18/h1-3,7-8,10,16H,(H,15,20)(H,17,18)/p-1/t7-,8-,10-/m0/s1. The molecule has 118 valence electrons. The first kappa shape index (κ1) is 14.3. The van der Waals surface area contributed by atoms with Crippen LogP contribution in [0.3, 0.4) is 0 Å². The van der Waals surface area contributed by atoms with Crippen molar-refractivity contribution in [1.82, 2.24) is 4.98 Å². The van der Waals surface area contributed by atoms with Crippen LogP contribution in [0.25, 0.3) is 0 Å². The van der Waals surface area contributed by atoms with Crippen molar-refractivity contribution < 1.29 is 24.5 Å². The molecule has 2 aromatic rings. The Morgan fingerprint density at radius 2 is 2.13 bits per heavy atom. The van der Waals surface area contributed by atoms with Crippen molar-refractivity contribution in [3.63, 3.8) is 0 Å². The van der Waals surface area contributed by atoms with Crippen molar-refractivity contribution >= 4 is 35.0 Å². The number of esters is 1. The molecule has 3 atom stereocenters. The van der Waals surface area contributed by atoms with Gasteiger partial charge in [0.15, 0.2) is 0 Å². The molecule has 0 unspecified atom stereocenters. The van der Waals surface area contributed by atoms with Gasteiger partial charge in [-0.2, -0.15) is 0 Å². The first-order chi connectivity index (χ1) is 11.0. The lowest BCUT2D eigenvalue weighted by molar-refractivity contribution is -0.306. The lowest BCUT2D eigenvalue weighted by Gasteiger charge is -2.39. The Morgan fingerprint density at radius 3 is 2.87 bits per heavy atom. The minimum absolute atomic E-state index is 0.0703. The van der Waals surface area contributed by atoms with Crippen molar-refractivity contribution in [3.8, 4) is 11.5 Å². The van der Waals surface area contributed by atoms with Gasteiger partial charge in [0.2, 0.25) is 0 Å². The molecule has 0 spiro atoms. The van der Waals surface area contributed by atoms with Gasteiger partial charge >= 0.3 is 10.8 Å². The van der Waals surface area contributed by atoms with E-state index in [-0.39, 0.29) is 16.4 Å². The van der Waals surface area contributed by atoms with Gasteiger partial charge < -0.3 is 24.7 Å². The van der Waals surface area contributed by atoms with Crippen molar-refractivity contribution in [2.24, 2.45) is 5.92 Å². The van der Waals surface area contributed by atoms with Gasteiger partial charge in [-0.05, 0) is 6.07 Å². The van der Waals surface area contributed by atoms with E-state index in [1.54, 1.807) is 6.07 Å². The van der Waals surface area contributed by atoms with Crippen LogP contribution in [0, 0.1) is 5.92 Å². The molecule has 4 rings (SSSR count). The average molecular weight is 350 g/mol. The smallest absolute Gasteiger partial charge is 0.316 e. The Hall–Kier alpha value is -2.26. The number of carboxylic acid groups (broad SMARTS) is 1. The number of carboxylic acids is 1. The average Bonchev–Trinajstić information content (AvgIpc) is 2.85. The number of aromatic amines is 1. The quantitative estimate of drug-likeness (QED) is 0.550. The van der Waals surface area contributed by atoms with Crippen LogP contribution in [-0.2, 0) is 9.59 Å². The molecular formula is C14H8NO6S2-. The molecule has 9 heteroatoms. The molecule has 7 nitrogen and oxygen atoms in total. The maximum absolute atomic E-state index is 12.3. The molecule has 1 aromatic heterocycles. The SMILES string of the molecule is O=C1Oc2cc(O)ccc2[C@@H]2c3sc(=O)[nH]c3S[C@H](C(=O)[O-])[C@@H]12. The number of phenolic OH excluding ortho intramolecular Hbond substituents is 1. The first-order valence-corrected chi connectivity index (χ1v) is 8.30. The highest BCUT2D eigenvalue weighted by atomic mass is 32.2. The fraction of sp³-hybridized carbons (Fsp3) is 0.214. The molecule has 0 fully saturated rings. The summed E-state index contributed by atoms with van der Waals surface area (Å²) in [5, 5.41) is 20.3. The summed E-state index contributed by atoms with van der Waals surface area (Å²) in [5.74, 6) is -3.59. The zero-order chi connectivity index (χ0) is 16.3. The van der Waals surface area contributed by atoms with Gasteiger partial charge in [0.05, 0.1) is 22.2 Å². The second-order valence-corrected chi connectivity index (χ2v) is 7.38. The van der Waals surface area contributed by atoms with Gasteiger partial charge in [0.1, 0.15) is 11.5 Å². The normalized spacial score (nSPS) is 25.0. The summed E-state index contributed by atoms with van der Waals surface area (Å²) in [4.78, 5) is 38.4. The summed E-state index contributed by atoms with van der Waals surface area (Å²) in [5.41, 5.74) is 0.565. The van der Waals surface area contributed by atoms with Crippen LogP contribution in [0.4, 0.5) is 0 Å². The van der Waals surface area contributed by atoms with Gasteiger partial charge in [0, 0.05) is 22.4 Å². The van der Waals surface area contributed by atoms with Gasteiger partial charge in [-0.1, -0.05) is 29.2 Å². The number of carbonyl (C=O) groups excluding carboxylic acids is 2. The summed E-state index contributed by atoms with van der Waals surface area (Å²) >= 11 is 1.84. The molecule has 3 heterocycles. The number of benzene rings is 1. The third kappa shape index (κ3) is 2.07. The minimum Gasteiger partial charge on any atom is -0.549 e. The van der Waals surface area contributed by atoms with Crippen molar-refractivity contribution in [2.45, 2.75) is 16.2 Å². The second kappa shape index (κ2) is 4.87. The fourth-order valence-electron chi connectivity index (χ4n) is 2.99. The van der Waals surface area contributed by atoms with Crippen molar-refractivity contribution in [3.05, 3.63) is 38.3 Å². The highest BCUT2D eigenvalue weighted by Gasteiger charge is 2.49. The van der Waals surface area contributed by atoms with E-state index in [4.69, 9.17) is 4.74 Å². The monoisotopic (exact) mass is 350 g/mol. The van der Waals surface area contributed by atoms with Crippen LogP contribution >= 0.6 is 23.1 Å². The Bertz CT molecular complexity index is 901. The molecule has 0 bridgehead atoms. The lowest BCUT2D eigenvalue weighted by Crippen LogP contribution is -2.48. The zero-order valence-corrected chi connectivity index (χ0v) is 12.9. The number of thioether (sulfide) groups is 1. The van der Waals surface area contributed by atoms with Crippen LogP contribution in [0.15, 0.2) is 28.0 Å². The molecule has 0 radical (unpaired) electrons. The molecule has 23 heavy (non-hydrogen) atoms. The van der Waals surface area contributed by atoms with E-state index in [2.05, 4.69) is 4.98 Å². The number of thiazole rings is 1. The summed E-state index contributed by atoms with van der Waals surface area (Å²) in [7, 11) is 0. The topological polar surface area (TPSA) is 120 Å². The number of aromatic hydroxyl groups is 1. The number of rotatable bonds is 1. The number of phenols is 1. The van der Waals surface area contributed by atoms with Crippen LogP contribution in [-0.4, -0.2) is 27.3 Å².